The van der Waals surface area contributed by atoms with Crippen molar-refractivity contribution in [3.8, 4) is 6.07 Å². The minimum Gasteiger partial charge on any atom is -0.309 e. The molecule has 102 valence electrons. The molecule has 3 heteroatoms. The lowest BCUT2D eigenvalue weighted by Gasteiger charge is -2.41. The highest BCUT2D eigenvalue weighted by Gasteiger charge is 2.32. The molecule has 0 radical (unpaired) electrons. The first kappa shape index (κ1) is 13.8. The van der Waals surface area contributed by atoms with Crippen LogP contribution in [0.2, 0.25) is 0 Å². The second-order valence-electron chi connectivity index (χ2n) is 6.33. The Labute approximate surface area is 112 Å². The maximum absolute atomic E-state index is 9.28. The van der Waals surface area contributed by atoms with Gasteiger partial charge in [-0.15, -0.1) is 0 Å². The molecule has 0 bridgehead atoms. The minimum absolute atomic E-state index is 0.296. The van der Waals surface area contributed by atoms with Crippen molar-refractivity contribution in [1.82, 2.24) is 9.80 Å². The third-order valence-corrected chi connectivity index (χ3v) is 4.64. The number of nitrogens with zero attached hydrogens (tertiary/aromatic N) is 3. The molecule has 0 aromatic carbocycles. The van der Waals surface area contributed by atoms with Crippen molar-refractivity contribution in [3.05, 3.63) is 0 Å². The highest BCUT2D eigenvalue weighted by Crippen LogP contribution is 2.31. The molecule has 1 saturated heterocycles. The van der Waals surface area contributed by atoms with Crippen LogP contribution < -0.4 is 0 Å². The zero-order valence-corrected chi connectivity index (χ0v) is 11.9. The molecule has 3 nitrogen and oxygen atoms in total. The second kappa shape index (κ2) is 6.54. The van der Waals surface area contributed by atoms with Gasteiger partial charge < -0.3 is 4.90 Å². The van der Waals surface area contributed by atoms with Gasteiger partial charge in [0.2, 0.25) is 0 Å². The van der Waals surface area contributed by atoms with Crippen LogP contribution in [0.1, 0.15) is 38.5 Å². The summed E-state index contributed by atoms with van der Waals surface area (Å²) in [5, 5.41) is 9.28. The summed E-state index contributed by atoms with van der Waals surface area (Å²) in [6, 6.07) is 3.10. The second-order valence-corrected chi connectivity index (χ2v) is 6.33. The van der Waals surface area contributed by atoms with Crippen LogP contribution in [-0.4, -0.2) is 49.6 Å². The third-order valence-electron chi connectivity index (χ3n) is 4.64. The van der Waals surface area contributed by atoms with Crippen molar-refractivity contribution in [2.24, 2.45) is 11.8 Å². The van der Waals surface area contributed by atoms with Crippen LogP contribution in [0.25, 0.3) is 0 Å². The number of nitriles is 1. The van der Waals surface area contributed by atoms with Gasteiger partial charge in [-0.3, -0.25) is 4.90 Å². The Hall–Kier alpha value is -0.590. The molecular weight excluding hydrogens is 222 g/mol. The number of hydrogen-bond donors (Lipinski definition) is 0. The Balaban J connectivity index is 1.83. The summed E-state index contributed by atoms with van der Waals surface area (Å²) in [5.74, 6) is 1.16. The Bertz CT molecular complexity index is 287. The molecule has 1 aliphatic carbocycles. The van der Waals surface area contributed by atoms with Gasteiger partial charge in [-0.05, 0) is 58.8 Å². The van der Waals surface area contributed by atoms with Crippen LogP contribution in [0, 0.1) is 23.2 Å². The quantitative estimate of drug-likeness (QED) is 0.769. The molecule has 0 aromatic heterocycles. The van der Waals surface area contributed by atoms with Crippen molar-refractivity contribution in [3.63, 3.8) is 0 Å². The zero-order valence-electron chi connectivity index (χ0n) is 11.9. The molecule has 1 aliphatic heterocycles. The smallest absolute Gasteiger partial charge is 0.0672 e. The molecule has 2 rings (SSSR count). The lowest BCUT2D eigenvalue weighted by molar-refractivity contribution is 0.0792. The van der Waals surface area contributed by atoms with E-state index in [-0.39, 0.29) is 0 Å². The van der Waals surface area contributed by atoms with Crippen LogP contribution in [0.5, 0.6) is 0 Å². The molecule has 2 aliphatic rings. The first-order valence-corrected chi connectivity index (χ1v) is 7.49. The van der Waals surface area contributed by atoms with Crippen molar-refractivity contribution in [2.75, 3.05) is 33.7 Å². The Morgan fingerprint density at radius 1 is 1.11 bits per heavy atom. The first-order chi connectivity index (χ1) is 8.70. The fourth-order valence-corrected chi connectivity index (χ4v) is 3.68. The van der Waals surface area contributed by atoms with Crippen LogP contribution in [0.3, 0.4) is 0 Å². The molecule has 0 N–H and O–H groups in total. The van der Waals surface area contributed by atoms with Crippen LogP contribution in [0.15, 0.2) is 0 Å². The predicted molar refractivity (Wildman–Crippen MR) is 74.2 cm³/mol. The fraction of sp³-hybridized carbons (Fsp3) is 0.933. The minimum atomic E-state index is 0.296. The lowest BCUT2D eigenvalue weighted by Crippen LogP contribution is -2.47. The van der Waals surface area contributed by atoms with E-state index in [0.29, 0.717) is 12.0 Å². The number of likely N-dealkylation sites (tertiary alicyclic amines) is 1. The Morgan fingerprint density at radius 2 is 1.78 bits per heavy atom. The fourth-order valence-electron chi connectivity index (χ4n) is 3.68. The van der Waals surface area contributed by atoms with Gasteiger partial charge >= 0.3 is 0 Å². The molecule has 0 aromatic rings. The summed E-state index contributed by atoms with van der Waals surface area (Å²) >= 11 is 0. The summed E-state index contributed by atoms with van der Waals surface area (Å²) in [6.45, 7) is 3.64. The number of hydrogen-bond acceptors (Lipinski definition) is 3. The SMILES string of the molecule is CN(C)CC1CCN(C2CCCCC2C#N)CC1. The lowest BCUT2D eigenvalue weighted by atomic mass is 9.83. The summed E-state index contributed by atoms with van der Waals surface area (Å²) in [4.78, 5) is 4.91. The van der Waals surface area contributed by atoms with Crippen LogP contribution in [0.4, 0.5) is 0 Å². The monoisotopic (exact) mass is 249 g/mol. The molecule has 2 fully saturated rings. The topological polar surface area (TPSA) is 30.3 Å². The van der Waals surface area contributed by atoms with Gasteiger partial charge in [0.05, 0.1) is 12.0 Å². The Morgan fingerprint density at radius 3 is 2.39 bits per heavy atom. The van der Waals surface area contributed by atoms with E-state index in [1.807, 2.05) is 0 Å². The normalized spacial score (nSPS) is 31.4. The molecular formula is C15H27N3. The average Bonchev–Trinajstić information content (AvgIpc) is 2.39. The van der Waals surface area contributed by atoms with Crippen LogP contribution >= 0.6 is 0 Å². The van der Waals surface area contributed by atoms with E-state index < -0.39 is 0 Å². The van der Waals surface area contributed by atoms with E-state index in [1.54, 1.807) is 0 Å². The summed E-state index contributed by atoms with van der Waals surface area (Å²) in [6.07, 6.45) is 7.57. The van der Waals surface area contributed by atoms with Crippen LogP contribution in [-0.2, 0) is 0 Å². The van der Waals surface area contributed by atoms with E-state index >= 15 is 0 Å². The van der Waals surface area contributed by atoms with E-state index in [1.165, 1.54) is 51.7 Å². The van der Waals surface area contributed by atoms with Gasteiger partial charge in [0.1, 0.15) is 0 Å². The van der Waals surface area contributed by atoms with E-state index in [4.69, 9.17) is 0 Å². The van der Waals surface area contributed by atoms with E-state index in [9.17, 15) is 5.26 Å². The Kier molecular flexibility index (Phi) is 5.03. The van der Waals surface area contributed by atoms with Crippen molar-refractivity contribution >= 4 is 0 Å². The van der Waals surface area contributed by atoms with Gasteiger partial charge in [-0.2, -0.15) is 5.26 Å². The summed E-state index contributed by atoms with van der Waals surface area (Å²) < 4.78 is 0. The van der Waals surface area contributed by atoms with Gasteiger partial charge in [0.25, 0.3) is 0 Å². The molecule has 18 heavy (non-hydrogen) atoms. The van der Waals surface area contributed by atoms with Gasteiger partial charge in [0.15, 0.2) is 0 Å². The predicted octanol–water partition coefficient (Wildman–Crippen LogP) is 2.34. The molecule has 0 spiro atoms. The largest absolute Gasteiger partial charge is 0.309 e. The standard InChI is InChI=1S/C15H27N3/c1-17(2)12-13-7-9-18(10-8-13)15-6-4-3-5-14(15)11-16/h13-15H,3-10,12H2,1-2H3. The highest BCUT2D eigenvalue weighted by atomic mass is 15.2. The highest BCUT2D eigenvalue weighted by molar-refractivity contribution is 4.96. The van der Waals surface area contributed by atoms with E-state index in [2.05, 4.69) is 30.0 Å². The van der Waals surface area contributed by atoms with Gasteiger partial charge in [-0.25, -0.2) is 0 Å². The number of rotatable bonds is 3. The van der Waals surface area contributed by atoms with Crippen molar-refractivity contribution < 1.29 is 0 Å². The maximum atomic E-state index is 9.28. The van der Waals surface area contributed by atoms with Gasteiger partial charge in [-0.1, -0.05) is 12.8 Å². The molecule has 1 saturated carbocycles. The van der Waals surface area contributed by atoms with E-state index in [0.717, 1.165) is 12.3 Å². The van der Waals surface area contributed by atoms with Crippen molar-refractivity contribution in [1.29, 1.82) is 5.26 Å². The molecule has 1 heterocycles. The average molecular weight is 249 g/mol. The summed E-state index contributed by atoms with van der Waals surface area (Å²) in [5.41, 5.74) is 0. The molecule has 0 amide bonds. The zero-order chi connectivity index (χ0) is 13.0. The third kappa shape index (κ3) is 3.46. The first-order valence-electron chi connectivity index (χ1n) is 7.49. The number of piperidine rings is 1. The molecule has 2 unspecified atom stereocenters. The summed E-state index contributed by atoms with van der Waals surface area (Å²) in [7, 11) is 4.33. The maximum Gasteiger partial charge on any atom is 0.0672 e. The molecule has 2 atom stereocenters. The van der Waals surface area contributed by atoms with Crippen molar-refractivity contribution in [2.45, 2.75) is 44.6 Å². The van der Waals surface area contributed by atoms with Gasteiger partial charge in [0, 0.05) is 12.6 Å².